The van der Waals surface area contributed by atoms with Gasteiger partial charge in [-0.25, -0.2) is 0 Å². The van der Waals surface area contributed by atoms with Crippen molar-refractivity contribution in [2.45, 2.75) is 31.6 Å². The van der Waals surface area contributed by atoms with Crippen LogP contribution in [0.25, 0.3) is 17.0 Å². The summed E-state index contributed by atoms with van der Waals surface area (Å²) in [6.45, 7) is -0.0689. The highest BCUT2D eigenvalue weighted by Crippen LogP contribution is 2.35. The molecule has 1 heterocycles. The Hall–Kier alpha value is -3.13. The first-order chi connectivity index (χ1) is 14.8. The molecule has 4 rings (SSSR count). The van der Waals surface area contributed by atoms with Gasteiger partial charge in [-0.15, -0.1) is 10.2 Å². The van der Waals surface area contributed by atoms with E-state index in [0.29, 0.717) is 29.5 Å². The van der Waals surface area contributed by atoms with E-state index >= 15 is 0 Å². The van der Waals surface area contributed by atoms with Gasteiger partial charge in [-0.05, 0) is 42.7 Å². The average molecular weight is 448 g/mol. The maximum absolute atomic E-state index is 13.6. The number of rotatable bonds is 6. The van der Waals surface area contributed by atoms with E-state index in [2.05, 4.69) is 10.2 Å². The summed E-state index contributed by atoms with van der Waals surface area (Å²) in [4.78, 5) is 14.2. The molecule has 0 aliphatic heterocycles. The van der Waals surface area contributed by atoms with Crippen LogP contribution in [0, 0.1) is 0 Å². The monoisotopic (exact) mass is 447 g/mol. The number of hydrogen-bond acceptors (Lipinski definition) is 4. The Bertz CT molecular complexity index is 1090. The number of amides is 1. The number of carbonyl (C=O) groups is 1. The van der Waals surface area contributed by atoms with E-state index in [-0.39, 0.29) is 29.9 Å². The minimum atomic E-state index is -4.67. The van der Waals surface area contributed by atoms with Gasteiger partial charge in [-0.3, -0.25) is 4.79 Å². The van der Waals surface area contributed by atoms with E-state index in [1.165, 1.54) is 29.2 Å². The van der Waals surface area contributed by atoms with E-state index in [4.69, 9.17) is 16.0 Å². The maximum Gasteiger partial charge on any atom is 0.417 e. The number of allylic oxidation sites excluding steroid dienone is 1. The molecule has 1 aromatic heterocycles. The third kappa shape index (κ3) is 5.14. The first-order valence-corrected chi connectivity index (χ1v) is 9.92. The largest absolute Gasteiger partial charge is 0.419 e. The Labute approximate surface area is 181 Å². The number of halogens is 4. The predicted octanol–water partition coefficient (Wildman–Crippen LogP) is 5.53. The van der Waals surface area contributed by atoms with Crippen molar-refractivity contribution in [1.29, 1.82) is 0 Å². The molecule has 0 atom stereocenters. The second kappa shape index (κ2) is 8.55. The standard InChI is InChI=1S/C22H17ClF3N3O2/c23-16-8-6-15(7-9-16)21-28-27-19(31-21)13-29(17-10-11-17)20(30)12-18(22(24,25)26)14-4-2-1-3-5-14/h1-9,12,17H,10-11,13H2/b18-12+. The molecule has 1 aliphatic carbocycles. The van der Waals surface area contributed by atoms with Gasteiger partial charge in [0, 0.05) is 22.7 Å². The number of benzene rings is 2. The normalized spacial score (nSPS) is 14.5. The lowest BCUT2D eigenvalue weighted by atomic mass is 10.0. The molecule has 1 fully saturated rings. The van der Waals surface area contributed by atoms with Crippen molar-refractivity contribution in [2.24, 2.45) is 0 Å². The maximum atomic E-state index is 13.6. The molecule has 0 saturated heterocycles. The predicted molar refractivity (Wildman–Crippen MR) is 109 cm³/mol. The van der Waals surface area contributed by atoms with E-state index in [1.807, 2.05) is 0 Å². The topological polar surface area (TPSA) is 59.2 Å². The third-order valence-corrected chi connectivity index (χ3v) is 5.04. The molecule has 3 aromatic rings. The summed E-state index contributed by atoms with van der Waals surface area (Å²) in [5.41, 5.74) is -0.408. The van der Waals surface area contributed by atoms with E-state index in [1.54, 1.807) is 30.3 Å². The van der Waals surface area contributed by atoms with Crippen molar-refractivity contribution in [1.82, 2.24) is 15.1 Å². The van der Waals surface area contributed by atoms with E-state index in [9.17, 15) is 18.0 Å². The van der Waals surface area contributed by atoms with Gasteiger partial charge in [0.05, 0.1) is 12.1 Å². The van der Waals surface area contributed by atoms with Gasteiger partial charge in [0.1, 0.15) is 0 Å². The van der Waals surface area contributed by atoms with Gasteiger partial charge in [-0.1, -0.05) is 41.9 Å². The van der Waals surface area contributed by atoms with Gasteiger partial charge in [0.2, 0.25) is 17.7 Å². The van der Waals surface area contributed by atoms with Gasteiger partial charge in [0.15, 0.2) is 0 Å². The Kier molecular flexibility index (Phi) is 5.82. The van der Waals surface area contributed by atoms with Crippen LogP contribution in [-0.4, -0.2) is 33.2 Å². The van der Waals surface area contributed by atoms with Crippen molar-refractivity contribution in [3.05, 3.63) is 77.2 Å². The van der Waals surface area contributed by atoms with Gasteiger partial charge in [-0.2, -0.15) is 13.2 Å². The van der Waals surface area contributed by atoms with Gasteiger partial charge >= 0.3 is 6.18 Å². The van der Waals surface area contributed by atoms with Crippen LogP contribution < -0.4 is 0 Å². The van der Waals surface area contributed by atoms with Crippen LogP contribution in [0.2, 0.25) is 5.02 Å². The van der Waals surface area contributed by atoms with Crippen LogP contribution in [0.5, 0.6) is 0 Å². The zero-order valence-electron chi connectivity index (χ0n) is 16.1. The molecule has 0 spiro atoms. The molecule has 160 valence electrons. The van der Waals surface area contributed by atoms with Crippen LogP contribution in [0.1, 0.15) is 24.3 Å². The average Bonchev–Trinajstić information content (AvgIpc) is 3.48. The molecule has 2 aromatic carbocycles. The second-order valence-electron chi connectivity index (χ2n) is 7.13. The molecule has 0 unspecified atom stereocenters. The summed E-state index contributed by atoms with van der Waals surface area (Å²) in [5.74, 6) is -0.359. The van der Waals surface area contributed by atoms with Crippen molar-refractivity contribution in [2.75, 3.05) is 0 Å². The highest BCUT2D eigenvalue weighted by Gasteiger charge is 2.38. The molecular weight excluding hydrogens is 431 g/mol. The summed E-state index contributed by atoms with van der Waals surface area (Å²) in [6.07, 6.45) is -2.60. The van der Waals surface area contributed by atoms with Crippen LogP contribution in [0.4, 0.5) is 13.2 Å². The Morgan fingerprint density at radius 1 is 1.10 bits per heavy atom. The summed E-state index contributed by atoms with van der Waals surface area (Å²) in [7, 11) is 0. The molecule has 0 radical (unpaired) electrons. The SMILES string of the molecule is O=C(/C=C(\c1ccccc1)C(F)(F)F)N(Cc1nnc(-c2ccc(Cl)cc2)o1)C1CC1. The fourth-order valence-corrected chi connectivity index (χ4v) is 3.22. The van der Waals surface area contributed by atoms with Gasteiger partial charge < -0.3 is 9.32 Å². The summed E-state index contributed by atoms with van der Waals surface area (Å²) >= 11 is 5.87. The second-order valence-corrected chi connectivity index (χ2v) is 7.56. The van der Waals surface area contributed by atoms with E-state index < -0.39 is 17.7 Å². The first-order valence-electron chi connectivity index (χ1n) is 9.54. The number of hydrogen-bond donors (Lipinski definition) is 0. The summed E-state index contributed by atoms with van der Waals surface area (Å²) in [6, 6.07) is 13.9. The van der Waals surface area contributed by atoms with Crippen molar-refractivity contribution < 1.29 is 22.4 Å². The quantitative estimate of drug-likeness (QED) is 0.466. The molecule has 9 heteroatoms. The molecule has 5 nitrogen and oxygen atoms in total. The molecule has 1 amide bonds. The lowest BCUT2D eigenvalue weighted by molar-refractivity contribution is -0.127. The fourth-order valence-electron chi connectivity index (χ4n) is 3.10. The highest BCUT2D eigenvalue weighted by molar-refractivity contribution is 6.30. The zero-order valence-corrected chi connectivity index (χ0v) is 16.9. The zero-order chi connectivity index (χ0) is 22.0. The van der Waals surface area contributed by atoms with E-state index in [0.717, 1.165) is 0 Å². The van der Waals surface area contributed by atoms with Crippen LogP contribution >= 0.6 is 11.6 Å². The molecule has 1 aliphatic rings. The molecule has 0 bridgehead atoms. The minimum Gasteiger partial charge on any atom is -0.419 e. The van der Waals surface area contributed by atoms with Crippen LogP contribution in [0.15, 0.2) is 65.1 Å². The van der Waals surface area contributed by atoms with Crippen molar-refractivity contribution in [3.8, 4) is 11.5 Å². The molecule has 0 N–H and O–H groups in total. The Morgan fingerprint density at radius 2 is 1.77 bits per heavy atom. The Balaban J connectivity index is 1.57. The minimum absolute atomic E-state index is 0.0677. The lowest BCUT2D eigenvalue weighted by Gasteiger charge is -2.20. The number of alkyl halides is 3. The summed E-state index contributed by atoms with van der Waals surface area (Å²) in [5, 5.41) is 8.47. The van der Waals surface area contributed by atoms with Crippen molar-refractivity contribution in [3.63, 3.8) is 0 Å². The Morgan fingerprint density at radius 3 is 2.39 bits per heavy atom. The lowest BCUT2D eigenvalue weighted by Crippen LogP contribution is -2.32. The van der Waals surface area contributed by atoms with Crippen LogP contribution in [0.3, 0.4) is 0 Å². The first kappa shape index (κ1) is 21.1. The molecular formula is C22H17ClF3N3O2. The molecule has 1 saturated carbocycles. The highest BCUT2D eigenvalue weighted by atomic mass is 35.5. The molecule has 31 heavy (non-hydrogen) atoms. The number of aromatic nitrogens is 2. The smallest absolute Gasteiger partial charge is 0.417 e. The number of nitrogens with zero attached hydrogens (tertiary/aromatic N) is 3. The summed E-state index contributed by atoms with van der Waals surface area (Å²) < 4.78 is 46.4. The van der Waals surface area contributed by atoms with Crippen LogP contribution in [-0.2, 0) is 11.3 Å². The van der Waals surface area contributed by atoms with Crippen molar-refractivity contribution >= 4 is 23.1 Å². The third-order valence-electron chi connectivity index (χ3n) is 4.79. The fraction of sp³-hybridized carbons (Fsp3) is 0.227. The van der Waals surface area contributed by atoms with Gasteiger partial charge in [0.25, 0.3) is 0 Å². The number of carbonyl (C=O) groups excluding carboxylic acids is 1.